The number of nitrogens with zero attached hydrogens (tertiary/aromatic N) is 4. The molecule has 9 aromatic rings. The van der Waals surface area contributed by atoms with Gasteiger partial charge in [0, 0.05) is 30.8 Å². The van der Waals surface area contributed by atoms with Crippen LogP contribution in [0, 0.1) is 0 Å². The Bertz CT molecular complexity index is 2910. The van der Waals surface area contributed by atoms with Crippen molar-refractivity contribution in [2.75, 3.05) is 0 Å². The molecule has 2 aromatic heterocycles. The lowest BCUT2D eigenvalue weighted by molar-refractivity contribution is 0.769. The first-order valence-corrected chi connectivity index (χ1v) is 18.6. The van der Waals surface area contributed by atoms with Crippen LogP contribution in [0.1, 0.15) is 22.3 Å². The average molecular weight is 709 g/mol. The van der Waals surface area contributed by atoms with Crippen LogP contribution < -0.4 is 5.69 Å². The van der Waals surface area contributed by atoms with Gasteiger partial charge in [0.25, 0.3) is 0 Å². The minimum absolute atomic E-state index is 0.0333. The fraction of sp³-hybridized carbons (Fsp3) is 0.0600. The van der Waals surface area contributed by atoms with Gasteiger partial charge in [0.2, 0.25) is 0 Å². The van der Waals surface area contributed by atoms with Crippen molar-refractivity contribution in [2.24, 2.45) is 14.1 Å². The van der Waals surface area contributed by atoms with Crippen LogP contribution in [0.15, 0.2) is 187 Å². The second-order valence-corrected chi connectivity index (χ2v) is 14.3. The van der Waals surface area contributed by atoms with Gasteiger partial charge in [-0.15, -0.1) is 0 Å². The number of rotatable bonds is 6. The zero-order valence-electron chi connectivity index (χ0n) is 30.5. The summed E-state index contributed by atoms with van der Waals surface area (Å²) in [5, 5.41) is 0. The number of aromatic nitrogens is 4. The molecule has 0 N–H and O–H groups in total. The Labute approximate surface area is 319 Å². The van der Waals surface area contributed by atoms with E-state index in [-0.39, 0.29) is 5.69 Å². The predicted molar refractivity (Wildman–Crippen MR) is 223 cm³/mol. The maximum absolute atomic E-state index is 12.6. The summed E-state index contributed by atoms with van der Waals surface area (Å²) in [6.45, 7) is 0. The lowest BCUT2D eigenvalue weighted by Gasteiger charge is -2.35. The molecule has 1 aliphatic rings. The lowest BCUT2D eigenvalue weighted by Crippen LogP contribution is -2.29. The fourth-order valence-electron chi connectivity index (χ4n) is 8.68. The Morgan fingerprint density at radius 3 is 1.62 bits per heavy atom. The second kappa shape index (κ2) is 12.8. The first-order valence-electron chi connectivity index (χ1n) is 18.6. The molecule has 0 saturated carbocycles. The molecule has 262 valence electrons. The summed E-state index contributed by atoms with van der Waals surface area (Å²) in [6, 6.07) is 64.3. The molecule has 0 radical (unpaired) electrons. The Morgan fingerprint density at radius 2 is 0.945 bits per heavy atom. The van der Waals surface area contributed by atoms with Gasteiger partial charge in [0.05, 0.1) is 27.8 Å². The zero-order chi connectivity index (χ0) is 37.1. The van der Waals surface area contributed by atoms with Crippen molar-refractivity contribution in [1.82, 2.24) is 19.1 Å². The quantitative estimate of drug-likeness (QED) is 0.173. The summed E-state index contributed by atoms with van der Waals surface area (Å²) >= 11 is 0. The Hall–Kier alpha value is -7.11. The van der Waals surface area contributed by atoms with E-state index in [1.54, 1.807) is 9.13 Å². The third-order valence-corrected chi connectivity index (χ3v) is 11.3. The SMILES string of the molecule is Cn1c(=O)n(C)c2cc(-c3ccc(-c4cc(-c5ccccc5)nc(-c5cccc6c5C(c5ccccc5)(c5ccccc5)c5ccccc5-6)n4)cc3)ccc21. The van der Waals surface area contributed by atoms with Crippen LogP contribution in [0.3, 0.4) is 0 Å². The lowest BCUT2D eigenvalue weighted by atomic mass is 9.66. The van der Waals surface area contributed by atoms with Crippen molar-refractivity contribution in [3.05, 3.63) is 215 Å². The Kier molecular flexibility index (Phi) is 7.56. The van der Waals surface area contributed by atoms with Gasteiger partial charge in [0.15, 0.2) is 5.82 Å². The molecule has 0 aliphatic heterocycles. The normalized spacial score (nSPS) is 12.8. The molecule has 0 atom stereocenters. The van der Waals surface area contributed by atoms with Crippen LogP contribution in [-0.4, -0.2) is 19.1 Å². The summed E-state index contributed by atoms with van der Waals surface area (Å²) in [7, 11) is 3.63. The molecule has 10 rings (SSSR count). The van der Waals surface area contributed by atoms with E-state index in [1.165, 1.54) is 33.4 Å². The van der Waals surface area contributed by atoms with Crippen molar-refractivity contribution in [3.63, 3.8) is 0 Å². The maximum atomic E-state index is 12.6. The summed E-state index contributed by atoms with van der Waals surface area (Å²) in [5.74, 6) is 0.678. The third kappa shape index (κ3) is 5.04. The molecule has 0 amide bonds. The standard InChI is InChI=1S/C50H36N4O/c1-53-45-30-29-36(31-46(45)54(2)49(53)55)33-25-27-35(28-26-33)44-32-43(34-15-6-3-7-16-34)51-48(52-44)41-23-14-22-40-39-21-12-13-24-42(39)50(47(40)41,37-17-8-4-9-18-37)38-19-10-5-11-20-38/h3-32H,1-2H3. The molecule has 7 aromatic carbocycles. The van der Waals surface area contributed by atoms with E-state index in [4.69, 9.17) is 9.97 Å². The summed E-state index contributed by atoms with van der Waals surface area (Å²) in [6.07, 6.45) is 0. The van der Waals surface area contributed by atoms with Crippen LogP contribution in [-0.2, 0) is 19.5 Å². The number of imidazole rings is 1. The van der Waals surface area contributed by atoms with E-state index >= 15 is 0 Å². The fourth-order valence-corrected chi connectivity index (χ4v) is 8.68. The molecule has 1 aliphatic carbocycles. The molecule has 5 heteroatoms. The first kappa shape index (κ1) is 32.5. The van der Waals surface area contributed by atoms with E-state index in [1.807, 2.05) is 26.2 Å². The third-order valence-electron chi connectivity index (χ3n) is 11.3. The summed E-state index contributed by atoms with van der Waals surface area (Å²) < 4.78 is 3.38. The van der Waals surface area contributed by atoms with Crippen LogP contribution >= 0.6 is 0 Å². The van der Waals surface area contributed by atoms with Crippen LogP contribution in [0.2, 0.25) is 0 Å². The van der Waals surface area contributed by atoms with E-state index < -0.39 is 5.41 Å². The minimum Gasteiger partial charge on any atom is -0.295 e. The van der Waals surface area contributed by atoms with Gasteiger partial charge in [-0.1, -0.05) is 164 Å². The van der Waals surface area contributed by atoms with Crippen molar-refractivity contribution >= 4 is 11.0 Å². The number of hydrogen-bond donors (Lipinski definition) is 0. The topological polar surface area (TPSA) is 52.7 Å². The van der Waals surface area contributed by atoms with Gasteiger partial charge in [0.1, 0.15) is 0 Å². The first-order chi connectivity index (χ1) is 27.0. The van der Waals surface area contributed by atoms with Crippen molar-refractivity contribution in [3.8, 4) is 56.2 Å². The monoisotopic (exact) mass is 708 g/mol. The van der Waals surface area contributed by atoms with Crippen molar-refractivity contribution in [2.45, 2.75) is 5.41 Å². The number of hydrogen-bond acceptors (Lipinski definition) is 3. The van der Waals surface area contributed by atoms with Crippen molar-refractivity contribution in [1.29, 1.82) is 0 Å². The highest BCUT2D eigenvalue weighted by atomic mass is 16.1. The molecule has 0 bridgehead atoms. The smallest absolute Gasteiger partial charge is 0.295 e. The number of fused-ring (bicyclic) bond motifs is 4. The molecule has 0 unspecified atom stereocenters. The average Bonchev–Trinajstić information content (AvgIpc) is 3.68. The van der Waals surface area contributed by atoms with Gasteiger partial charge < -0.3 is 0 Å². The van der Waals surface area contributed by atoms with Gasteiger partial charge >= 0.3 is 5.69 Å². The van der Waals surface area contributed by atoms with Crippen LogP contribution in [0.5, 0.6) is 0 Å². The van der Waals surface area contributed by atoms with Gasteiger partial charge in [-0.25, -0.2) is 14.8 Å². The molecular formula is C50H36N4O. The highest BCUT2D eigenvalue weighted by Gasteiger charge is 2.47. The zero-order valence-corrected chi connectivity index (χ0v) is 30.5. The highest BCUT2D eigenvalue weighted by molar-refractivity contribution is 5.92. The molecule has 2 heterocycles. The van der Waals surface area contributed by atoms with E-state index in [0.717, 1.165) is 50.2 Å². The van der Waals surface area contributed by atoms with E-state index in [0.29, 0.717) is 5.82 Å². The molecule has 0 spiro atoms. The van der Waals surface area contributed by atoms with Gasteiger partial charge in [-0.3, -0.25) is 9.13 Å². The van der Waals surface area contributed by atoms with Crippen LogP contribution in [0.25, 0.3) is 67.2 Å². The molecule has 55 heavy (non-hydrogen) atoms. The second-order valence-electron chi connectivity index (χ2n) is 14.3. The molecule has 0 saturated heterocycles. The number of aryl methyl sites for hydroxylation is 2. The maximum Gasteiger partial charge on any atom is 0.328 e. The van der Waals surface area contributed by atoms with Crippen LogP contribution in [0.4, 0.5) is 0 Å². The summed E-state index contributed by atoms with van der Waals surface area (Å²) in [4.78, 5) is 23.4. The molecular weight excluding hydrogens is 673 g/mol. The van der Waals surface area contributed by atoms with E-state index in [2.05, 4.69) is 170 Å². The minimum atomic E-state index is -0.595. The Balaban J connectivity index is 1.18. The molecule has 0 fully saturated rings. The Morgan fingerprint density at radius 1 is 0.436 bits per heavy atom. The number of benzene rings is 7. The molecule has 5 nitrogen and oxygen atoms in total. The van der Waals surface area contributed by atoms with Gasteiger partial charge in [-0.05, 0) is 62.7 Å². The van der Waals surface area contributed by atoms with Gasteiger partial charge in [-0.2, -0.15) is 0 Å². The highest BCUT2D eigenvalue weighted by Crippen LogP contribution is 2.58. The largest absolute Gasteiger partial charge is 0.328 e. The van der Waals surface area contributed by atoms with Crippen molar-refractivity contribution < 1.29 is 0 Å². The van der Waals surface area contributed by atoms with E-state index in [9.17, 15) is 4.79 Å². The summed E-state index contributed by atoms with van der Waals surface area (Å²) in [5.41, 5.74) is 15.3. The predicted octanol–water partition coefficient (Wildman–Crippen LogP) is 10.7.